The van der Waals surface area contributed by atoms with Gasteiger partial charge in [0.15, 0.2) is 0 Å². The Morgan fingerprint density at radius 2 is 1.81 bits per heavy atom. The summed E-state index contributed by atoms with van der Waals surface area (Å²) in [7, 11) is 0. The van der Waals surface area contributed by atoms with Gasteiger partial charge >= 0.3 is 12.3 Å². The number of H-pyrrole nitrogens is 1. The highest BCUT2D eigenvalue weighted by atomic mass is 19.4. The number of hydrogen-bond acceptors (Lipinski definition) is 2. The highest BCUT2D eigenvalue weighted by molar-refractivity contribution is 5.92. The van der Waals surface area contributed by atoms with E-state index >= 15 is 0 Å². The minimum Gasteiger partial charge on any atom is -0.446 e. The number of alkyl halides is 3. The summed E-state index contributed by atoms with van der Waals surface area (Å²) in [6.07, 6.45) is -3.00. The quantitative estimate of drug-likeness (QED) is 0.642. The molecule has 0 unspecified atom stereocenters. The van der Waals surface area contributed by atoms with Crippen LogP contribution in [-0.2, 0) is 10.9 Å². The molecule has 134 valence electrons. The summed E-state index contributed by atoms with van der Waals surface area (Å²) in [6.45, 7) is 0. The van der Waals surface area contributed by atoms with Gasteiger partial charge in [0.2, 0.25) is 0 Å². The maximum absolute atomic E-state index is 12.7. The number of anilines is 1. The number of nitrogens with one attached hydrogen (secondary N) is 2. The van der Waals surface area contributed by atoms with E-state index in [1.807, 2.05) is 6.07 Å². The first-order valence-electron chi connectivity index (χ1n) is 8.16. The molecule has 1 aliphatic rings. The van der Waals surface area contributed by atoms with Gasteiger partial charge in [0.05, 0.1) is 5.56 Å². The number of benzene rings is 2. The molecule has 0 radical (unpaired) electrons. The maximum Gasteiger partial charge on any atom is 0.416 e. The van der Waals surface area contributed by atoms with Crippen LogP contribution < -0.4 is 5.32 Å². The van der Waals surface area contributed by atoms with Crippen LogP contribution in [0, 0.1) is 0 Å². The van der Waals surface area contributed by atoms with Crippen LogP contribution in [0.2, 0.25) is 0 Å². The normalized spacial score (nSPS) is 14.4. The van der Waals surface area contributed by atoms with E-state index in [0.717, 1.165) is 35.9 Å². The molecule has 0 atom stereocenters. The van der Waals surface area contributed by atoms with Crippen LogP contribution in [-0.4, -0.2) is 17.2 Å². The molecule has 1 saturated carbocycles. The van der Waals surface area contributed by atoms with Gasteiger partial charge in [-0.15, -0.1) is 0 Å². The van der Waals surface area contributed by atoms with E-state index in [1.165, 1.54) is 12.1 Å². The van der Waals surface area contributed by atoms with Gasteiger partial charge in [-0.25, -0.2) is 4.79 Å². The van der Waals surface area contributed by atoms with Gasteiger partial charge in [-0.1, -0.05) is 12.1 Å². The summed E-state index contributed by atoms with van der Waals surface area (Å²) >= 11 is 0. The molecule has 2 N–H and O–H groups in total. The Kier molecular flexibility index (Phi) is 3.86. The molecule has 0 aliphatic heterocycles. The Morgan fingerprint density at radius 1 is 1.08 bits per heavy atom. The number of halogens is 3. The fourth-order valence-corrected chi connectivity index (χ4v) is 2.69. The van der Waals surface area contributed by atoms with E-state index in [1.54, 1.807) is 18.2 Å². The van der Waals surface area contributed by atoms with Crippen LogP contribution in [0.1, 0.15) is 18.4 Å². The van der Waals surface area contributed by atoms with E-state index in [0.29, 0.717) is 16.9 Å². The van der Waals surface area contributed by atoms with E-state index in [2.05, 4.69) is 10.3 Å². The molecule has 7 heteroatoms. The number of aromatic amines is 1. The zero-order valence-electron chi connectivity index (χ0n) is 13.6. The Hall–Kier alpha value is -2.96. The monoisotopic (exact) mass is 360 g/mol. The highest BCUT2D eigenvalue weighted by Crippen LogP contribution is 2.32. The lowest BCUT2D eigenvalue weighted by molar-refractivity contribution is -0.137. The number of carbonyl (C=O) groups is 1. The number of ether oxygens (including phenoxy) is 1. The second-order valence-corrected chi connectivity index (χ2v) is 6.29. The first-order valence-corrected chi connectivity index (χ1v) is 8.16. The zero-order chi connectivity index (χ0) is 18.3. The van der Waals surface area contributed by atoms with Crippen LogP contribution >= 0.6 is 0 Å². The number of hydrogen-bond donors (Lipinski definition) is 2. The van der Waals surface area contributed by atoms with Crippen molar-refractivity contribution < 1.29 is 22.7 Å². The third kappa shape index (κ3) is 3.51. The number of fused-ring (bicyclic) bond motifs is 1. The topological polar surface area (TPSA) is 54.1 Å². The van der Waals surface area contributed by atoms with Crippen LogP contribution in [0.25, 0.3) is 22.2 Å². The zero-order valence-corrected chi connectivity index (χ0v) is 13.6. The standard InChI is InChI=1S/C19H15F3N2O2/c20-19(21,22)13-3-1-11(2-4-13)17-10-12-9-14(5-8-16(12)24-17)23-18(25)26-15-6-7-15/h1-5,8-10,15,24H,6-7H2,(H,23,25). The first kappa shape index (κ1) is 16.5. The van der Waals surface area contributed by atoms with Crippen molar-refractivity contribution in [3.63, 3.8) is 0 Å². The summed E-state index contributed by atoms with van der Waals surface area (Å²) in [4.78, 5) is 14.9. The van der Waals surface area contributed by atoms with Crippen molar-refractivity contribution in [1.82, 2.24) is 4.98 Å². The molecule has 1 heterocycles. The summed E-state index contributed by atoms with van der Waals surface area (Å²) in [5, 5.41) is 3.52. The van der Waals surface area contributed by atoms with Crippen LogP contribution in [0.5, 0.6) is 0 Å². The molecule has 1 amide bonds. The smallest absolute Gasteiger partial charge is 0.416 e. The third-order valence-corrected chi connectivity index (χ3v) is 4.19. The highest BCUT2D eigenvalue weighted by Gasteiger charge is 2.30. The predicted molar refractivity (Wildman–Crippen MR) is 91.9 cm³/mol. The summed E-state index contributed by atoms with van der Waals surface area (Å²) < 4.78 is 43.1. The molecule has 0 bridgehead atoms. The molecule has 2 aromatic carbocycles. The molecule has 1 aromatic heterocycles. The van der Waals surface area contributed by atoms with Gasteiger partial charge in [0, 0.05) is 22.3 Å². The lowest BCUT2D eigenvalue weighted by Gasteiger charge is -2.06. The van der Waals surface area contributed by atoms with Gasteiger partial charge in [-0.05, 0) is 54.8 Å². The lowest BCUT2D eigenvalue weighted by atomic mass is 10.1. The molecule has 0 saturated heterocycles. The van der Waals surface area contributed by atoms with Crippen LogP contribution in [0.3, 0.4) is 0 Å². The minimum atomic E-state index is -4.35. The van der Waals surface area contributed by atoms with Crippen molar-refractivity contribution in [2.75, 3.05) is 5.32 Å². The molecule has 26 heavy (non-hydrogen) atoms. The van der Waals surface area contributed by atoms with Crippen molar-refractivity contribution in [1.29, 1.82) is 0 Å². The van der Waals surface area contributed by atoms with Crippen molar-refractivity contribution in [2.45, 2.75) is 25.1 Å². The molecule has 1 fully saturated rings. The average Bonchev–Trinajstić information content (AvgIpc) is 3.29. The van der Waals surface area contributed by atoms with Crippen LogP contribution in [0.15, 0.2) is 48.5 Å². The van der Waals surface area contributed by atoms with E-state index in [4.69, 9.17) is 4.74 Å². The third-order valence-electron chi connectivity index (χ3n) is 4.19. The second-order valence-electron chi connectivity index (χ2n) is 6.29. The van der Waals surface area contributed by atoms with E-state index in [9.17, 15) is 18.0 Å². The summed E-state index contributed by atoms with van der Waals surface area (Å²) in [5.74, 6) is 0. The molecule has 1 aliphatic carbocycles. The fourth-order valence-electron chi connectivity index (χ4n) is 2.69. The van der Waals surface area contributed by atoms with Gasteiger partial charge in [0.25, 0.3) is 0 Å². The van der Waals surface area contributed by atoms with Crippen molar-refractivity contribution >= 4 is 22.7 Å². The Morgan fingerprint density at radius 3 is 2.46 bits per heavy atom. The SMILES string of the molecule is O=C(Nc1ccc2[nH]c(-c3ccc(C(F)(F)F)cc3)cc2c1)OC1CC1. The van der Waals surface area contributed by atoms with Crippen molar-refractivity contribution in [3.05, 3.63) is 54.1 Å². The minimum absolute atomic E-state index is 0.0252. The molecule has 4 rings (SSSR count). The van der Waals surface area contributed by atoms with Gasteiger partial charge in [0.1, 0.15) is 6.10 Å². The number of amides is 1. The number of aromatic nitrogens is 1. The number of carbonyl (C=O) groups excluding carboxylic acids is 1. The van der Waals surface area contributed by atoms with Gasteiger partial charge in [-0.2, -0.15) is 13.2 Å². The molecule has 0 spiro atoms. The molecule has 4 nitrogen and oxygen atoms in total. The largest absolute Gasteiger partial charge is 0.446 e. The number of rotatable bonds is 3. The predicted octanol–water partition coefficient (Wildman–Crippen LogP) is 5.56. The van der Waals surface area contributed by atoms with Gasteiger partial charge in [-0.3, -0.25) is 5.32 Å². The summed E-state index contributed by atoms with van der Waals surface area (Å²) in [5.41, 5.74) is 2.09. The van der Waals surface area contributed by atoms with E-state index in [-0.39, 0.29) is 6.10 Å². The van der Waals surface area contributed by atoms with Crippen molar-refractivity contribution in [3.8, 4) is 11.3 Å². The average molecular weight is 360 g/mol. The molecular formula is C19H15F3N2O2. The Balaban J connectivity index is 1.56. The summed E-state index contributed by atoms with van der Waals surface area (Å²) in [6, 6.07) is 12.1. The van der Waals surface area contributed by atoms with Crippen molar-refractivity contribution in [2.24, 2.45) is 0 Å². The Labute approximate surface area is 147 Å². The van der Waals surface area contributed by atoms with Gasteiger partial charge < -0.3 is 9.72 Å². The maximum atomic E-state index is 12.7. The van der Waals surface area contributed by atoms with E-state index < -0.39 is 17.8 Å². The lowest BCUT2D eigenvalue weighted by Crippen LogP contribution is -2.14. The van der Waals surface area contributed by atoms with Crippen LogP contribution in [0.4, 0.5) is 23.7 Å². The molecular weight excluding hydrogens is 345 g/mol. The molecule has 3 aromatic rings. The Bertz CT molecular complexity index is 957. The fraction of sp³-hybridized carbons (Fsp3) is 0.211. The first-order chi connectivity index (χ1) is 12.4. The second kappa shape index (κ2) is 6.09.